The van der Waals surface area contributed by atoms with E-state index in [0.717, 1.165) is 45.3 Å². The first kappa shape index (κ1) is 19.6. The highest BCUT2D eigenvalue weighted by molar-refractivity contribution is 5.84. The Morgan fingerprint density at radius 3 is 2.16 bits per heavy atom. The molecule has 0 atom stereocenters. The van der Waals surface area contributed by atoms with Crippen molar-refractivity contribution in [1.82, 2.24) is 9.55 Å². The number of hydrogen-bond donors (Lipinski definition) is 2. The molecule has 0 radical (unpaired) electrons. The second kappa shape index (κ2) is 8.07. The fraction of sp³-hybridized carbons (Fsp3) is 0.0769. The van der Waals surface area contributed by atoms with E-state index in [9.17, 15) is 0 Å². The summed E-state index contributed by atoms with van der Waals surface area (Å²) < 4.78 is 12.7. The number of aromatic nitrogens is 2. The first-order valence-corrected chi connectivity index (χ1v) is 10.2. The molecule has 1 heterocycles. The Morgan fingerprint density at radius 1 is 0.812 bits per heavy atom. The number of rotatable bonds is 5. The summed E-state index contributed by atoms with van der Waals surface area (Å²) in [6.07, 6.45) is 0. The molecule has 0 fully saturated rings. The van der Waals surface area contributed by atoms with Crippen molar-refractivity contribution in [3.63, 3.8) is 0 Å². The molecular formula is C26H22N4O2. The summed E-state index contributed by atoms with van der Waals surface area (Å²) in [7, 11) is 3.30. The summed E-state index contributed by atoms with van der Waals surface area (Å²) >= 11 is 0. The molecule has 6 heteroatoms. The van der Waals surface area contributed by atoms with Gasteiger partial charge in [-0.25, -0.2) is 4.98 Å². The molecule has 3 aromatic rings. The molecule has 0 unspecified atom stereocenters. The summed E-state index contributed by atoms with van der Waals surface area (Å²) in [6, 6.07) is 27.3. The van der Waals surface area contributed by atoms with Gasteiger partial charge in [0.25, 0.3) is 0 Å². The molecular weight excluding hydrogens is 400 g/mol. The average Bonchev–Trinajstić information content (AvgIpc) is 2.84. The van der Waals surface area contributed by atoms with Gasteiger partial charge in [0.05, 0.1) is 47.7 Å². The van der Waals surface area contributed by atoms with Gasteiger partial charge in [0.2, 0.25) is 0 Å². The van der Waals surface area contributed by atoms with Crippen LogP contribution in [0.25, 0.3) is 28.1 Å². The van der Waals surface area contributed by atoms with Crippen LogP contribution < -0.4 is 20.1 Å². The molecule has 1 aliphatic carbocycles. The largest absolute Gasteiger partial charge is 0.497 e. The van der Waals surface area contributed by atoms with Crippen molar-refractivity contribution < 1.29 is 9.47 Å². The summed E-state index contributed by atoms with van der Waals surface area (Å²) in [5.74, 6) is 1.58. The SMILES string of the molecule is COc1ccc(Nc2cc3nc4ccccc4n(-c4ccc(OC)cc4)c-3cc2=N)cc1. The molecule has 2 aliphatic rings. The molecule has 0 spiro atoms. The number of hydrogen-bond acceptors (Lipinski definition) is 5. The van der Waals surface area contributed by atoms with E-state index in [1.165, 1.54) is 0 Å². The van der Waals surface area contributed by atoms with Gasteiger partial charge in [0.15, 0.2) is 0 Å². The third-order valence-electron chi connectivity index (χ3n) is 5.42. The van der Waals surface area contributed by atoms with Crippen LogP contribution in [0.5, 0.6) is 11.5 Å². The molecule has 0 aromatic heterocycles. The van der Waals surface area contributed by atoms with Crippen LogP contribution in [-0.2, 0) is 0 Å². The molecule has 158 valence electrons. The lowest BCUT2D eigenvalue weighted by atomic mass is 10.1. The fourth-order valence-corrected chi connectivity index (χ4v) is 3.80. The van der Waals surface area contributed by atoms with Crippen molar-refractivity contribution in [2.24, 2.45) is 0 Å². The standard InChI is InChI=1S/C26H22N4O2/c1-31-19-11-7-17(8-12-19)28-23-16-24-26(15-21(23)27)30(18-9-13-20(32-2)14-10-18)25-6-4-3-5-22(25)29-24/h3-16,27-28H,1-2H3. The van der Waals surface area contributed by atoms with Gasteiger partial charge >= 0.3 is 0 Å². The fourth-order valence-electron chi connectivity index (χ4n) is 3.80. The molecule has 0 saturated heterocycles. The lowest BCUT2D eigenvalue weighted by molar-refractivity contribution is 0.414. The number of para-hydroxylation sites is 2. The van der Waals surface area contributed by atoms with Crippen LogP contribution in [0.2, 0.25) is 0 Å². The zero-order chi connectivity index (χ0) is 22.1. The monoisotopic (exact) mass is 422 g/mol. The van der Waals surface area contributed by atoms with Gasteiger partial charge in [-0.3, -0.25) is 5.41 Å². The number of fused-ring (bicyclic) bond motifs is 2. The van der Waals surface area contributed by atoms with Crippen LogP contribution in [0, 0.1) is 5.41 Å². The van der Waals surface area contributed by atoms with Crippen molar-refractivity contribution in [2.45, 2.75) is 0 Å². The first-order chi connectivity index (χ1) is 15.7. The Kier molecular flexibility index (Phi) is 4.95. The third-order valence-corrected chi connectivity index (χ3v) is 5.42. The average molecular weight is 422 g/mol. The van der Waals surface area contributed by atoms with Crippen molar-refractivity contribution in [3.8, 4) is 28.6 Å². The van der Waals surface area contributed by atoms with Crippen LogP contribution in [0.4, 0.5) is 11.4 Å². The van der Waals surface area contributed by atoms with Gasteiger partial charge in [-0.15, -0.1) is 0 Å². The van der Waals surface area contributed by atoms with E-state index in [1.807, 2.05) is 84.9 Å². The zero-order valence-electron chi connectivity index (χ0n) is 17.8. The van der Waals surface area contributed by atoms with Gasteiger partial charge < -0.3 is 19.4 Å². The second-order valence-corrected chi connectivity index (χ2v) is 7.37. The molecule has 3 aromatic carbocycles. The summed E-state index contributed by atoms with van der Waals surface area (Å²) in [5, 5.41) is 12.4. The molecule has 2 N–H and O–H groups in total. The number of benzene rings is 4. The Labute approximate surface area is 185 Å². The van der Waals surface area contributed by atoms with Crippen LogP contribution in [0.1, 0.15) is 0 Å². The highest BCUT2D eigenvalue weighted by Gasteiger charge is 2.16. The van der Waals surface area contributed by atoms with E-state index in [4.69, 9.17) is 19.9 Å². The molecule has 5 rings (SSSR count). The molecule has 1 aliphatic heterocycles. The lowest BCUT2D eigenvalue weighted by Crippen LogP contribution is -2.13. The molecule has 32 heavy (non-hydrogen) atoms. The number of nitrogens with zero attached hydrogens (tertiary/aromatic N) is 2. The summed E-state index contributed by atoms with van der Waals surface area (Å²) in [6.45, 7) is 0. The number of nitrogens with one attached hydrogen (secondary N) is 2. The van der Waals surface area contributed by atoms with E-state index < -0.39 is 0 Å². The van der Waals surface area contributed by atoms with E-state index in [0.29, 0.717) is 11.0 Å². The predicted octanol–water partition coefficient (Wildman–Crippen LogP) is 5.37. The smallest absolute Gasteiger partial charge is 0.119 e. The van der Waals surface area contributed by atoms with Crippen molar-refractivity contribution in [1.29, 1.82) is 5.41 Å². The maximum Gasteiger partial charge on any atom is 0.119 e. The van der Waals surface area contributed by atoms with Gasteiger partial charge in [0, 0.05) is 11.4 Å². The number of ether oxygens (including phenoxy) is 2. The second-order valence-electron chi connectivity index (χ2n) is 7.37. The minimum Gasteiger partial charge on any atom is -0.497 e. The predicted molar refractivity (Wildman–Crippen MR) is 126 cm³/mol. The molecule has 0 saturated carbocycles. The topological polar surface area (TPSA) is 72.2 Å². The normalized spacial score (nSPS) is 10.9. The van der Waals surface area contributed by atoms with Crippen LogP contribution in [-0.4, -0.2) is 23.8 Å². The minimum absolute atomic E-state index is 0.382. The maximum absolute atomic E-state index is 8.66. The van der Waals surface area contributed by atoms with Crippen LogP contribution in [0.15, 0.2) is 84.9 Å². The van der Waals surface area contributed by atoms with Crippen molar-refractivity contribution >= 4 is 22.4 Å². The van der Waals surface area contributed by atoms with Crippen molar-refractivity contribution in [3.05, 3.63) is 90.3 Å². The Bertz CT molecular complexity index is 1420. The van der Waals surface area contributed by atoms with Gasteiger partial charge in [-0.1, -0.05) is 12.1 Å². The van der Waals surface area contributed by atoms with Gasteiger partial charge in [-0.05, 0) is 72.8 Å². The van der Waals surface area contributed by atoms with Gasteiger partial charge in [0.1, 0.15) is 11.5 Å². The zero-order valence-corrected chi connectivity index (χ0v) is 17.8. The lowest BCUT2D eigenvalue weighted by Gasteiger charge is -2.20. The number of anilines is 2. The highest BCUT2D eigenvalue weighted by Crippen LogP contribution is 2.31. The molecule has 0 bridgehead atoms. The first-order valence-electron chi connectivity index (χ1n) is 10.2. The van der Waals surface area contributed by atoms with E-state index in [1.54, 1.807) is 14.2 Å². The van der Waals surface area contributed by atoms with E-state index in [2.05, 4.69) is 9.88 Å². The number of methoxy groups -OCH3 is 2. The van der Waals surface area contributed by atoms with Crippen LogP contribution >= 0.6 is 0 Å². The minimum atomic E-state index is 0.382. The Hall–Kier alpha value is -4.32. The third kappa shape index (κ3) is 3.52. The van der Waals surface area contributed by atoms with Gasteiger partial charge in [-0.2, -0.15) is 0 Å². The van der Waals surface area contributed by atoms with E-state index >= 15 is 0 Å². The molecule has 0 amide bonds. The maximum atomic E-state index is 8.66. The van der Waals surface area contributed by atoms with E-state index in [-0.39, 0.29) is 0 Å². The Balaban J connectivity index is 1.68. The summed E-state index contributed by atoms with van der Waals surface area (Å²) in [5.41, 5.74) is 6.05. The van der Waals surface area contributed by atoms with Crippen LogP contribution in [0.3, 0.4) is 0 Å². The van der Waals surface area contributed by atoms with Crippen molar-refractivity contribution in [2.75, 3.05) is 19.5 Å². The summed E-state index contributed by atoms with van der Waals surface area (Å²) in [4.78, 5) is 4.88. The molecule has 6 nitrogen and oxygen atoms in total. The quantitative estimate of drug-likeness (QED) is 0.374. The highest BCUT2D eigenvalue weighted by atomic mass is 16.5. The Morgan fingerprint density at radius 2 is 1.47 bits per heavy atom.